The highest BCUT2D eigenvalue weighted by Gasteiger charge is 2.28. The molecule has 12 heteroatoms. The molecule has 0 spiro atoms. The number of hydrogen-bond donors (Lipinski definition) is 4. The highest BCUT2D eigenvalue weighted by molar-refractivity contribution is 6.10. The zero-order chi connectivity index (χ0) is 25.1. The second-order valence-corrected chi connectivity index (χ2v) is 8.56. The fourth-order valence-electron chi connectivity index (χ4n) is 4.27. The number of anilines is 3. The fraction of sp³-hybridized carbons (Fsp3) is 0.375. The molecular formula is C24H28N8O4. The summed E-state index contributed by atoms with van der Waals surface area (Å²) >= 11 is 0. The Kier molecular flexibility index (Phi) is 6.78. The Morgan fingerprint density at radius 3 is 2.75 bits per heavy atom. The van der Waals surface area contributed by atoms with Gasteiger partial charge in [0.25, 0.3) is 11.9 Å². The third kappa shape index (κ3) is 4.86. The Hall–Kier alpha value is -4.03. The Labute approximate surface area is 207 Å². The molecule has 2 fully saturated rings. The maximum atomic E-state index is 13.5. The van der Waals surface area contributed by atoms with E-state index in [1.165, 1.54) is 6.21 Å². The number of fused-ring (bicyclic) bond motifs is 1. The van der Waals surface area contributed by atoms with Crippen molar-refractivity contribution < 1.29 is 19.1 Å². The molecule has 0 bridgehead atoms. The molecule has 2 aliphatic rings. The molecule has 0 aromatic carbocycles. The Morgan fingerprint density at radius 1 is 1.19 bits per heavy atom. The summed E-state index contributed by atoms with van der Waals surface area (Å²) < 4.78 is 11.4. The van der Waals surface area contributed by atoms with Crippen molar-refractivity contribution in [2.45, 2.75) is 12.5 Å². The summed E-state index contributed by atoms with van der Waals surface area (Å²) in [5.41, 5.74) is 2.21. The monoisotopic (exact) mass is 492 g/mol. The number of aliphatic hydroxyl groups excluding tert-OH is 1. The number of ether oxygens (including phenoxy) is 1. The summed E-state index contributed by atoms with van der Waals surface area (Å²) in [5.74, 6) is 0.356. The van der Waals surface area contributed by atoms with Crippen LogP contribution in [-0.4, -0.2) is 84.7 Å². The zero-order valence-corrected chi connectivity index (χ0v) is 19.9. The quantitative estimate of drug-likeness (QED) is 0.357. The molecule has 5 rings (SSSR count). The van der Waals surface area contributed by atoms with Crippen molar-refractivity contribution in [2.24, 2.45) is 0 Å². The van der Waals surface area contributed by atoms with Gasteiger partial charge in [0.15, 0.2) is 5.58 Å². The van der Waals surface area contributed by atoms with Crippen LogP contribution in [0.2, 0.25) is 0 Å². The molecule has 0 saturated carbocycles. The third-order valence-corrected chi connectivity index (χ3v) is 6.08. The first-order chi connectivity index (χ1) is 17.6. The van der Waals surface area contributed by atoms with Crippen LogP contribution in [0.1, 0.15) is 22.5 Å². The van der Waals surface area contributed by atoms with Gasteiger partial charge in [-0.3, -0.25) is 4.79 Å². The van der Waals surface area contributed by atoms with Crippen molar-refractivity contribution >= 4 is 46.6 Å². The number of aliphatic hydroxyl groups is 1. The van der Waals surface area contributed by atoms with Gasteiger partial charge < -0.3 is 40.1 Å². The molecule has 0 aliphatic carbocycles. The van der Waals surface area contributed by atoms with Crippen molar-refractivity contribution in [3.05, 3.63) is 41.7 Å². The summed E-state index contributed by atoms with van der Waals surface area (Å²) in [4.78, 5) is 31.0. The minimum Gasteiger partial charge on any atom is -0.422 e. The van der Waals surface area contributed by atoms with E-state index in [4.69, 9.17) is 14.6 Å². The van der Waals surface area contributed by atoms with E-state index < -0.39 is 12.0 Å². The smallest absolute Gasteiger partial charge is 0.300 e. The van der Waals surface area contributed by atoms with Gasteiger partial charge in [-0.25, -0.2) is 9.97 Å². The molecule has 3 aromatic rings. The van der Waals surface area contributed by atoms with Crippen LogP contribution in [0, 0.1) is 5.41 Å². The number of oxazole rings is 1. The molecule has 188 valence electrons. The van der Waals surface area contributed by atoms with Crippen molar-refractivity contribution in [1.29, 1.82) is 5.41 Å². The standard InChI is InChI=1S/C24H28N8O4/c1-26-13-15(12-25)18-3-2-4-20(27-18)28-23(34)17-11-19-21(29-22(17)32-6-5-16(33)14-32)30-24(36-19)31-7-9-35-10-8-31/h2-4,11-13,16,25-26,33H,5-10,14H2,1H3,(H,27,28,34)/b15-13+,25-12?. The highest BCUT2D eigenvalue weighted by atomic mass is 16.5. The number of rotatable bonds is 7. The number of hydrogen-bond acceptors (Lipinski definition) is 11. The van der Waals surface area contributed by atoms with Crippen molar-refractivity contribution in [3.8, 4) is 0 Å². The van der Waals surface area contributed by atoms with Gasteiger partial charge in [0.1, 0.15) is 11.6 Å². The van der Waals surface area contributed by atoms with E-state index >= 15 is 0 Å². The fourth-order valence-corrected chi connectivity index (χ4v) is 4.27. The minimum atomic E-state index is -0.489. The lowest BCUT2D eigenvalue weighted by atomic mass is 10.2. The van der Waals surface area contributed by atoms with Gasteiger partial charge in [0, 0.05) is 57.3 Å². The second kappa shape index (κ2) is 10.3. The zero-order valence-electron chi connectivity index (χ0n) is 19.9. The molecule has 5 heterocycles. The lowest BCUT2D eigenvalue weighted by Gasteiger charge is -2.24. The van der Waals surface area contributed by atoms with E-state index in [1.807, 2.05) is 9.80 Å². The molecule has 36 heavy (non-hydrogen) atoms. The minimum absolute atomic E-state index is 0.298. The first kappa shape index (κ1) is 23.7. The Bertz CT molecular complexity index is 1300. The summed E-state index contributed by atoms with van der Waals surface area (Å²) in [6, 6.07) is 7.28. The van der Waals surface area contributed by atoms with Crippen LogP contribution in [0.5, 0.6) is 0 Å². The Morgan fingerprint density at radius 2 is 2.03 bits per heavy atom. The topological polar surface area (TPSA) is 153 Å². The van der Waals surface area contributed by atoms with Gasteiger partial charge in [-0.1, -0.05) is 6.07 Å². The molecule has 0 radical (unpaired) electrons. The number of carbonyl (C=O) groups excluding carboxylic acids is 1. The predicted octanol–water partition coefficient (Wildman–Crippen LogP) is 1.49. The lowest BCUT2D eigenvalue weighted by Crippen LogP contribution is -2.36. The van der Waals surface area contributed by atoms with Crippen LogP contribution in [0.15, 0.2) is 34.9 Å². The number of aromatic nitrogens is 3. The van der Waals surface area contributed by atoms with Gasteiger partial charge in [-0.2, -0.15) is 4.98 Å². The number of nitrogens with zero attached hydrogens (tertiary/aromatic N) is 5. The molecular weight excluding hydrogens is 464 g/mol. The average molecular weight is 493 g/mol. The summed E-state index contributed by atoms with van der Waals surface area (Å²) in [7, 11) is 1.74. The van der Waals surface area contributed by atoms with Crippen molar-refractivity contribution in [2.75, 3.05) is 61.6 Å². The Balaban J connectivity index is 1.49. The second-order valence-electron chi connectivity index (χ2n) is 8.56. The van der Waals surface area contributed by atoms with E-state index in [0.717, 1.165) is 0 Å². The summed E-state index contributed by atoms with van der Waals surface area (Å²) in [6.45, 7) is 3.44. The molecule has 3 aromatic heterocycles. The van der Waals surface area contributed by atoms with Crippen LogP contribution in [0.3, 0.4) is 0 Å². The lowest BCUT2D eigenvalue weighted by molar-refractivity contribution is 0.102. The molecule has 2 aliphatic heterocycles. The van der Waals surface area contributed by atoms with Crippen molar-refractivity contribution in [3.63, 3.8) is 0 Å². The molecule has 1 amide bonds. The molecule has 1 unspecified atom stereocenters. The number of allylic oxidation sites excluding steroid dienone is 1. The summed E-state index contributed by atoms with van der Waals surface area (Å²) in [5, 5.41) is 23.4. The summed E-state index contributed by atoms with van der Waals surface area (Å²) in [6.07, 6.45) is 2.95. The number of β-amino-alcohol motifs (C(OH)–C–C–N with tert-alkyl or cyclic N) is 1. The molecule has 2 saturated heterocycles. The van der Waals surface area contributed by atoms with Crippen LogP contribution in [0.4, 0.5) is 17.7 Å². The third-order valence-electron chi connectivity index (χ3n) is 6.08. The van der Waals surface area contributed by atoms with Crippen LogP contribution >= 0.6 is 0 Å². The van der Waals surface area contributed by atoms with Gasteiger partial charge >= 0.3 is 0 Å². The predicted molar refractivity (Wildman–Crippen MR) is 136 cm³/mol. The molecule has 4 N–H and O–H groups in total. The maximum absolute atomic E-state index is 13.5. The molecule has 1 atom stereocenters. The SMILES string of the molecule is CN/C=C(\C=N)c1cccc(NC(=O)c2cc3oc(N4CCOCC4)nc3nc2N2CCC(O)C2)n1. The first-order valence-corrected chi connectivity index (χ1v) is 11.8. The van der Waals surface area contributed by atoms with Crippen LogP contribution < -0.4 is 20.4 Å². The van der Waals surface area contributed by atoms with E-state index in [2.05, 4.69) is 25.6 Å². The van der Waals surface area contributed by atoms with E-state index in [-0.39, 0.29) is 0 Å². The van der Waals surface area contributed by atoms with Crippen LogP contribution in [-0.2, 0) is 4.74 Å². The van der Waals surface area contributed by atoms with E-state index in [9.17, 15) is 9.90 Å². The van der Waals surface area contributed by atoms with Crippen LogP contribution in [0.25, 0.3) is 16.8 Å². The van der Waals surface area contributed by atoms with E-state index in [0.29, 0.717) is 91.5 Å². The van der Waals surface area contributed by atoms with Gasteiger partial charge in [-0.15, -0.1) is 0 Å². The highest BCUT2D eigenvalue weighted by Crippen LogP contribution is 2.30. The maximum Gasteiger partial charge on any atom is 0.300 e. The number of amides is 1. The number of morpholine rings is 1. The number of nitrogens with one attached hydrogen (secondary N) is 3. The van der Waals surface area contributed by atoms with E-state index in [1.54, 1.807) is 37.5 Å². The van der Waals surface area contributed by atoms with Gasteiger partial charge in [0.05, 0.1) is 30.6 Å². The van der Waals surface area contributed by atoms with Crippen molar-refractivity contribution in [1.82, 2.24) is 20.3 Å². The molecule has 12 nitrogen and oxygen atoms in total. The largest absolute Gasteiger partial charge is 0.422 e. The van der Waals surface area contributed by atoms with Gasteiger partial charge in [0.2, 0.25) is 5.65 Å². The number of pyridine rings is 2. The first-order valence-electron chi connectivity index (χ1n) is 11.8. The average Bonchev–Trinajstić information content (AvgIpc) is 3.53. The normalized spacial score (nSPS) is 18.5. The van der Waals surface area contributed by atoms with Gasteiger partial charge in [-0.05, 0) is 18.6 Å². The number of carbonyl (C=O) groups is 1.